The van der Waals surface area contributed by atoms with Crippen molar-refractivity contribution in [3.8, 4) is 11.5 Å². The Morgan fingerprint density at radius 2 is 1.88 bits per heavy atom. The number of hydrogen-bond acceptors (Lipinski definition) is 3. The lowest BCUT2D eigenvalue weighted by Crippen LogP contribution is -2.08. The van der Waals surface area contributed by atoms with Crippen LogP contribution in [0.5, 0.6) is 0 Å². The van der Waals surface area contributed by atoms with Crippen LogP contribution in [0.2, 0.25) is 0 Å². The number of aromatic nitrogens is 1. The molecule has 26 heavy (non-hydrogen) atoms. The van der Waals surface area contributed by atoms with E-state index in [0.717, 1.165) is 42.4 Å². The highest BCUT2D eigenvalue weighted by atomic mass is 16.3. The average molecular weight is 347 g/mol. The van der Waals surface area contributed by atoms with E-state index in [2.05, 4.69) is 24.9 Å². The van der Waals surface area contributed by atoms with Gasteiger partial charge in [0.05, 0.1) is 5.39 Å². The van der Waals surface area contributed by atoms with E-state index in [0.29, 0.717) is 16.9 Å². The Hall–Kier alpha value is -2.68. The summed E-state index contributed by atoms with van der Waals surface area (Å²) in [5.74, 6) is 0.388. The number of nitrogens with zero attached hydrogens (tertiary/aromatic N) is 1. The van der Waals surface area contributed by atoms with Gasteiger partial charge < -0.3 is 4.42 Å². The first-order chi connectivity index (χ1) is 12.7. The van der Waals surface area contributed by atoms with Crippen LogP contribution in [-0.4, -0.2) is 4.98 Å². The third kappa shape index (κ3) is 3.62. The number of para-hydroxylation sites is 1. The van der Waals surface area contributed by atoms with Gasteiger partial charge in [0.25, 0.3) is 5.56 Å². The molecule has 0 atom stereocenters. The molecule has 1 aromatic heterocycles. The summed E-state index contributed by atoms with van der Waals surface area (Å²) in [4.78, 5) is 16.8. The van der Waals surface area contributed by atoms with Crippen LogP contribution in [0.1, 0.15) is 50.7 Å². The first kappa shape index (κ1) is 18.1. The van der Waals surface area contributed by atoms with Gasteiger partial charge in [-0.15, -0.1) is 0 Å². The van der Waals surface area contributed by atoms with Crippen molar-refractivity contribution < 1.29 is 4.42 Å². The SMILES string of the molecule is CCC/C=C(\CCC)c1cccc2c(=O)nc(-c3ccccc3C)oc12. The van der Waals surface area contributed by atoms with E-state index >= 15 is 0 Å². The molecule has 3 rings (SSSR count). The van der Waals surface area contributed by atoms with Crippen molar-refractivity contribution in [2.24, 2.45) is 0 Å². The Kier molecular flexibility index (Phi) is 5.67. The quantitative estimate of drug-likeness (QED) is 0.537. The second kappa shape index (κ2) is 8.13. The lowest BCUT2D eigenvalue weighted by atomic mass is 9.98. The zero-order chi connectivity index (χ0) is 18.5. The van der Waals surface area contributed by atoms with Crippen LogP contribution in [-0.2, 0) is 0 Å². The van der Waals surface area contributed by atoms with Crippen LogP contribution in [0, 0.1) is 6.92 Å². The third-order valence-electron chi connectivity index (χ3n) is 4.57. The molecule has 3 aromatic rings. The molecule has 0 saturated carbocycles. The molecule has 3 heteroatoms. The first-order valence-corrected chi connectivity index (χ1v) is 9.35. The van der Waals surface area contributed by atoms with Gasteiger partial charge in [-0.05, 0) is 43.0 Å². The van der Waals surface area contributed by atoms with Gasteiger partial charge in [-0.1, -0.05) is 63.1 Å². The summed E-state index contributed by atoms with van der Waals surface area (Å²) < 4.78 is 6.20. The highest BCUT2D eigenvalue weighted by Gasteiger charge is 2.15. The molecule has 0 N–H and O–H groups in total. The van der Waals surface area contributed by atoms with E-state index in [4.69, 9.17) is 4.42 Å². The van der Waals surface area contributed by atoms with Gasteiger partial charge in [0.1, 0.15) is 5.58 Å². The smallest absolute Gasteiger partial charge is 0.284 e. The number of allylic oxidation sites excluding steroid dienone is 2. The third-order valence-corrected chi connectivity index (χ3v) is 4.57. The van der Waals surface area contributed by atoms with Crippen LogP contribution in [0.25, 0.3) is 28.0 Å². The van der Waals surface area contributed by atoms with Crippen molar-refractivity contribution in [1.29, 1.82) is 0 Å². The number of aryl methyl sites for hydroxylation is 1. The van der Waals surface area contributed by atoms with Crippen molar-refractivity contribution in [3.05, 3.63) is 70.0 Å². The molecule has 0 saturated heterocycles. The van der Waals surface area contributed by atoms with Crippen LogP contribution in [0.4, 0.5) is 0 Å². The molecule has 0 unspecified atom stereocenters. The minimum atomic E-state index is -0.238. The van der Waals surface area contributed by atoms with Crippen molar-refractivity contribution in [1.82, 2.24) is 4.98 Å². The summed E-state index contributed by atoms with van der Waals surface area (Å²) in [5.41, 5.74) is 4.54. The molecule has 0 bridgehead atoms. The van der Waals surface area contributed by atoms with Crippen LogP contribution in [0.15, 0.2) is 57.8 Å². The molecule has 1 heterocycles. The summed E-state index contributed by atoms with van der Waals surface area (Å²) in [6.07, 6.45) is 6.40. The van der Waals surface area contributed by atoms with Gasteiger partial charge in [-0.25, -0.2) is 0 Å². The van der Waals surface area contributed by atoms with Crippen molar-refractivity contribution in [2.45, 2.75) is 46.5 Å². The second-order valence-corrected chi connectivity index (χ2v) is 6.59. The van der Waals surface area contributed by atoms with Gasteiger partial charge in [-0.3, -0.25) is 4.79 Å². The predicted molar refractivity (Wildman–Crippen MR) is 108 cm³/mol. The summed E-state index contributed by atoms with van der Waals surface area (Å²) in [5, 5.41) is 0.540. The Labute approximate surface area is 154 Å². The van der Waals surface area contributed by atoms with E-state index in [1.54, 1.807) is 6.07 Å². The van der Waals surface area contributed by atoms with Gasteiger partial charge in [-0.2, -0.15) is 4.98 Å². The number of benzene rings is 2. The number of rotatable bonds is 6. The summed E-state index contributed by atoms with van der Waals surface area (Å²) in [6, 6.07) is 13.6. The van der Waals surface area contributed by atoms with Crippen molar-refractivity contribution >= 4 is 16.5 Å². The molecule has 0 aliphatic rings. The fraction of sp³-hybridized carbons (Fsp3) is 0.304. The van der Waals surface area contributed by atoms with Gasteiger partial charge in [0.15, 0.2) is 0 Å². The summed E-state index contributed by atoms with van der Waals surface area (Å²) >= 11 is 0. The van der Waals surface area contributed by atoms with Crippen molar-refractivity contribution in [3.63, 3.8) is 0 Å². The molecular weight excluding hydrogens is 322 g/mol. The maximum absolute atomic E-state index is 12.6. The number of unbranched alkanes of at least 4 members (excludes halogenated alkanes) is 1. The zero-order valence-corrected chi connectivity index (χ0v) is 15.7. The maximum atomic E-state index is 12.6. The normalized spacial score (nSPS) is 11.9. The molecule has 0 spiro atoms. The highest BCUT2D eigenvalue weighted by molar-refractivity contribution is 5.89. The Balaban J connectivity index is 2.25. The van der Waals surface area contributed by atoms with E-state index < -0.39 is 0 Å². The van der Waals surface area contributed by atoms with E-state index in [-0.39, 0.29) is 5.56 Å². The Morgan fingerprint density at radius 3 is 2.62 bits per heavy atom. The lowest BCUT2D eigenvalue weighted by Gasteiger charge is -2.11. The molecule has 2 aromatic carbocycles. The standard InChI is InChI=1S/C23H25NO2/c1-4-6-12-17(10-5-2)19-14-9-15-20-21(19)26-23(24-22(20)25)18-13-8-7-11-16(18)3/h7-9,11-15H,4-6,10H2,1-3H3/b17-12+. The minimum Gasteiger partial charge on any atom is -0.437 e. The molecule has 0 radical (unpaired) electrons. The van der Waals surface area contributed by atoms with Gasteiger partial charge >= 0.3 is 0 Å². The number of fused-ring (bicyclic) bond motifs is 1. The lowest BCUT2D eigenvalue weighted by molar-refractivity contribution is 0.593. The van der Waals surface area contributed by atoms with E-state index in [9.17, 15) is 4.79 Å². The Bertz CT molecular complexity index is 999. The van der Waals surface area contributed by atoms with Crippen LogP contribution < -0.4 is 5.56 Å². The first-order valence-electron chi connectivity index (χ1n) is 9.35. The summed E-state index contributed by atoms with van der Waals surface area (Å²) in [7, 11) is 0. The minimum absolute atomic E-state index is 0.238. The molecule has 0 amide bonds. The van der Waals surface area contributed by atoms with E-state index in [1.165, 1.54) is 5.57 Å². The fourth-order valence-corrected chi connectivity index (χ4v) is 3.20. The number of hydrogen-bond donors (Lipinski definition) is 0. The van der Waals surface area contributed by atoms with Crippen LogP contribution in [0.3, 0.4) is 0 Å². The molecule has 134 valence electrons. The van der Waals surface area contributed by atoms with Gasteiger partial charge in [0.2, 0.25) is 5.89 Å². The molecular formula is C23H25NO2. The molecule has 3 nitrogen and oxygen atoms in total. The molecule has 0 fully saturated rings. The largest absolute Gasteiger partial charge is 0.437 e. The highest BCUT2D eigenvalue weighted by Crippen LogP contribution is 2.30. The zero-order valence-electron chi connectivity index (χ0n) is 15.7. The second-order valence-electron chi connectivity index (χ2n) is 6.59. The van der Waals surface area contributed by atoms with E-state index in [1.807, 2.05) is 43.3 Å². The fourth-order valence-electron chi connectivity index (χ4n) is 3.20. The average Bonchev–Trinajstić information content (AvgIpc) is 2.65. The maximum Gasteiger partial charge on any atom is 0.284 e. The predicted octanol–water partition coefficient (Wildman–Crippen LogP) is 6.15. The molecule has 0 aliphatic carbocycles. The topological polar surface area (TPSA) is 43.1 Å². The summed E-state index contributed by atoms with van der Waals surface area (Å²) in [6.45, 7) is 6.33. The van der Waals surface area contributed by atoms with Crippen molar-refractivity contribution in [2.75, 3.05) is 0 Å². The Morgan fingerprint density at radius 1 is 1.08 bits per heavy atom. The van der Waals surface area contributed by atoms with Crippen LogP contribution >= 0.6 is 0 Å². The monoisotopic (exact) mass is 347 g/mol. The van der Waals surface area contributed by atoms with Gasteiger partial charge in [0, 0.05) is 11.1 Å². The molecule has 0 aliphatic heterocycles.